The number of rotatable bonds is 2. The Hall–Kier alpha value is -1.40. The molecule has 0 bridgehead atoms. The van der Waals surface area contributed by atoms with Crippen LogP contribution in [-0.4, -0.2) is 64.0 Å². The van der Waals surface area contributed by atoms with Crippen molar-refractivity contribution < 1.29 is 4.79 Å². The second-order valence-corrected chi connectivity index (χ2v) is 5.26. The Bertz CT molecular complexity index is 452. The van der Waals surface area contributed by atoms with E-state index in [0.717, 1.165) is 45.1 Å². The molecule has 2 aliphatic heterocycles. The third kappa shape index (κ3) is 2.50. The molecule has 1 saturated heterocycles. The molecule has 6 nitrogen and oxygen atoms in total. The highest BCUT2D eigenvalue weighted by molar-refractivity contribution is 5.81. The molecule has 0 aromatic carbocycles. The third-order valence-electron chi connectivity index (χ3n) is 4.11. The van der Waals surface area contributed by atoms with Crippen LogP contribution >= 0.6 is 0 Å². The van der Waals surface area contributed by atoms with Crippen molar-refractivity contribution in [2.75, 3.05) is 32.7 Å². The Morgan fingerprint density at radius 2 is 2.11 bits per heavy atom. The van der Waals surface area contributed by atoms with E-state index in [0.29, 0.717) is 6.54 Å². The van der Waals surface area contributed by atoms with E-state index in [4.69, 9.17) is 0 Å². The van der Waals surface area contributed by atoms with Gasteiger partial charge < -0.3 is 14.8 Å². The zero-order valence-corrected chi connectivity index (χ0v) is 11.4. The number of nitrogens with zero attached hydrogens (tertiary/aromatic N) is 4. The molecular formula is C13H21N5O. The van der Waals surface area contributed by atoms with Gasteiger partial charge in [-0.05, 0) is 6.92 Å². The molecule has 6 heteroatoms. The minimum Gasteiger partial charge on any atom is -0.332 e. The lowest BCUT2D eigenvalue weighted by Crippen LogP contribution is -2.54. The van der Waals surface area contributed by atoms with Crippen molar-refractivity contribution in [1.29, 1.82) is 0 Å². The number of aromatic nitrogens is 2. The van der Waals surface area contributed by atoms with Crippen molar-refractivity contribution in [1.82, 2.24) is 24.7 Å². The largest absolute Gasteiger partial charge is 0.332 e. The van der Waals surface area contributed by atoms with Crippen LogP contribution < -0.4 is 5.32 Å². The van der Waals surface area contributed by atoms with Crippen LogP contribution in [-0.2, 0) is 17.9 Å². The number of hydrogen-bond donors (Lipinski definition) is 1. The van der Waals surface area contributed by atoms with Gasteiger partial charge in [0.1, 0.15) is 5.82 Å². The van der Waals surface area contributed by atoms with Crippen molar-refractivity contribution in [2.24, 2.45) is 0 Å². The van der Waals surface area contributed by atoms with Crippen LogP contribution in [0.1, 0.15) is 12.7 Å². The van der Waals surface area contributed by atoms with Crippen LogP contribution in [0.25, 0.3) is 0 Å². The first kappa shape index (κ1) is 12.6. The van der Waals surface area contributed by atoms with Crippen molar-refractivity contribution in [3.05, 3.63) is 18.2 Å². The van der Waals surface area contributed by atoms with E-state index >= 15 is 0 Å². The standard InChI is InChI=1S/C13H21N5O/c1-11(16-5-2-14-3-6-16)13(19)18-9-8-17-7-4-15-12(17)10-18/h4,7,11,14H,2-3,5-6,8-10H2,1H3. The van der Waals surface area contributed by atoms with Gasteiger partial charge in [-0.3, -0.25) is 9.69 Å². The molecule has 1 unspecified atom stereocenters. The average molecular weight is 263 g/mol. The van der Waals surface area contributed by atoms with E-state index in [1.54, 1.807) is 0 Å². The number of nitrogens with one attached hydrogen (secondary N) is 1. The molecule has 0 spiro atoms. The number of carbonyl (C=O) groups excluding carboxylic acids is 1. The first-order chi connectivity index (χ1) is 9.25. The summed E-state index contributed by atoms with van der Waals surface area (Å²) in [6.45, 7) is 8.17. The Labute approximate surface area is 113 Å². The molecule has 3 heterocycles. The summed E-state index contributed by atoms with van der Waals surface area (Å²) in [5.74, 6) is 1.23. The first-order valence-corrected chi connectivity index (χ1v) is 6.99. The van der Waals surface area contributed by atoms with Gasteiger partial charge in [-0.15, -0.1) is 0 Å². The molecule has 1 aromatic heterocycles. The summed E-state index contributed by atoms with van der Waals surface area (Å²) in [7, 11) is 0. The van der Waals surface area contributed by atoms with E-state index in [2.05, 4.69) is 19.8 Å². The summed E-state index contributed by atoms with van der Waals surface area (Å²) in [5, 5.41) is 3.32. The number of hydrogen-bond acceptors (Lipinski definition) is 4. The Kier molecular flexibility index (Phi) is 3.52. The molecule has 3 rings (SSSR count). The van der Waals surface area contributed by atoms with Gasteiger partial charge in [0, 0.05) is 51.7 Å². The Morgan fingerprint density at radius 1 is 1.32 bits per heavy atom. The molecule has 0 aliphatic carbocycles. The SMILES string of the molecule is CC(C(=O)N1CCn2ccnc2C1)N1CCNCC1. The van der Waals surface area contributed by atoms with Gasteiger partial charge in [0.05, 0.1) is 12.6 Å². The highest BCUT2D eigenvalue weighted by Crippen LogP contribution is 2.13. The average Bonchev–Trinajstić information content (AvgIpc) is 2.94. The second-order valence-electron chi connectivity index (χ2n) is 5.26. The van der Waals surface area contributed by atoms with E-state index in [9.17, 15) is 4.79 Å². The van der Waals surface area contributed by atoms with Crippen LogP contribution in [0.3, 0.4) is 0 Å². The zero-order valence-electron chi connectivity index (χ0n) is 11.4. The zero-order chi connectivity index (χ0) is 13.2. The van der Waals surface area contributed by atoms with E-state index in [-0.39, 0.29) is 11.9 Å². The van der Waals surface area contributed by atoms with E-state index in [1.807, 2.05) is 24.2 Å². The fourth-order valence-corrected chi connectivity index (χ4v) is 2.85. The normalized spacial score (nSPS) is 22.1. The Balaban J connectivity index is 1.64. The molecule has 1 aromatic rings. The number of piperazine rings is 1. The minimum atomic E-state index is -0.0244. The topological polar surface area (TPSA) is 53.4 Å². The molecule has 1 fully saturated rings. The second kappa shape index (κ2) is 5.30. The van der Waals surface area contributed by atoms with Gasteiger partial charge in [0.15, 0.2) is 0 Å². The maximum atomic E-state index is 12.6. The summed E-state index contributed by atoms with van der Waals surface area (Å²) in [6.07, 6.45) is 3.79. The van der Waals surface area contributed by atoms with Crippen LogP contribution in [0.2, 0.25) is 0 Å². The number of amides is 1. The Morgan fingerprint density at radius 3 is 2.89 bits per heavy atom. The predicted octanol–water partition coefficient (Wildman–Crippen LogP) is -0.481. The van der Waals surface area contributed by atoms with Gasteiger partial charge >= 0.3 is 0 Å². The fraction of sp³-hybridized carbons (Fsp3) is 0.692. The van der Waals surface area contributed by atoms with E-state index < -0.39 is 0 Å². The summed E-state index contributed by atoms with van der Waals surface area (Å²) in [4.78, 5) is 21.1. The molecule has 104 valence electrons. The van der Waals surface area contributed by atoms with Crippen molar-refractivity contribution in [3.63, 3.8) is 0 Å². The monoisotopic (exact) mass is 263 g/mol. The lowest BCUT2D eigenvalue weighted by Gasteiger charge is -2.36. The molecule has 1 atom stereocenters. The lowest BCUT2D eigenvalue weighted by molar-refractivity contribution is -0.138. The van der Waals surface area contributed by atoms with Gasteiger partial charge in [-0.2, -0.15) is 0 Å². The number of fused-ring (bicyclic) bond motifs is 1. The summed E-state index contributed by atoms with van der Waals surface area (Å²) >= 11 is 0. The van der Waals surface area contributed by atoms with Crippen LogP contribution in [0, 0.1) is 0 Å². The molecule has 19 heavy (non-hydrogen) atoms. The first-order valence-electron chi connectivity index (χ1n) is 6.99. The highest BCUT2D eigenvalue weighted by Gasteiger charge is 2.29. The maximum Gasteiger partial charge on any atom is 0.240 e. The van der Waals surface area contributed by atoms with Crippen LogP contribution in [0.5, 0.6) is 0 Å². The summed E-state index contributed by atoms with van der Waals surface area (Å²) in [5.41, 5.74) is 0. The van der Waals surface area contributed by atoms with Crippen molar-refractivity contribution >= 4 is 5.91 Å². The van der Waals surface area contributed by atoms with Crippen LogP contribution in [0.4, 0.5) is 0 Å². The molecule has 1 amide bonds. The fourth-order valence-electron chi connectivity index (χ4n) is 2.85. The maximum absolute atomic E-state index is 12.6. The predicted molar refractivity (Wildman–Crippen MR) is 71.5 cm³/mol. The van der Waals surface area contributed by atoms with Gasteiger partial charge in [-0.25, -0.2) is 4.98 Å². The quantitative estimate of drug-likeness (QED) is 0.783. The van der Waals surface area contributed by atoms with Crippen LogP contribution in [0.15, 0.2) is 12.4 Å². The third-order valence-corrected chi connectivity index (χ3v) is 4.11. The molecular weight excluding hydrogens is 242 g/mol. The molecule has 2 aliphatic rings. The van der Waals surface area contributed by atoms with Crippen molar-refractivity contribution in [3.8, 4) is 0 Å². The number of imidazole rings is 1. The molecule has 0 saturated carbocycles. The smallest absolute Gasteiger partial charge is 0.240 e. The van der Waals surface area contributed by atoms with Gasteiger partial charge in [-0.1, -0.05) is 0 Å². The molecule has 0 radical (unpaired) electrons. The number of carbonyl (C=O) groups is 1. The van der Waals surface area contributed by atoms with Gasteiger partial charge in [0.2, 0.25) is 5.91 Å². The molecule has 1 N–H and O–H groups in total. The van der Waals surface area contributed by atoms with E-state index in [1.165, 1.54) is 0 Å². The van der Waals surface area contributed by atoms with Gasteiger partial charge in [0.25, 0.3) is 0 Å². The summed E-state index contributed by atoms with van der Waals surface area (Å²) in [6, 6.07) is -0.0244. The summed E-state index contributed by atoms with van der Waals surface area (Å²) < 4.78 is 2.12. The lowest BCUT2D eigenvalue weighted by atomic mass is 10.2. The van der Waals surface area contributed by atoms with Crippen molar-refractivity contribution in [2.45, 2.75) is 26.1 Å². The highest BCUT2D eigenvalue weighted by atomic mass is 16.2. The minimum absolute atomic E-state index is 0.0244.